The van der Waals surface area contributed by atoms with Gasteiger partial charge in [-0.2, -0.15) is 0 Å². The Morgan fingerprint density at radius 1 is 1.06 bits per heavy atom. The van der Waals surface area contributed by atoms with Crippen molar-refractivity contribution in [3.8, 4) is 0 Å². The fourth-order valence-corrected chi connectivity index (χ4v) is 1.32. The van der Waals surface area contributed by atoms with Gasteiger partial charge in [-0.15, -0.1) is 0 Å². The lowest BCUT2D eigenvalue weighted by atomic mass is 10.1. The molecule has 1 rings (SSSR count). The van der Waals surface area contributed by atoms with Gasteiger partial charge in [0.2, 0.25) is 5.91 Å². The molecule has 0 radical (unpaired) electrons. The topological polar surface area (TPSA) is 110 Å². The lowest BCUT2D eigenvalue weighted by Gasteiger charge is -2.07. The summed E-state index contributed by atoms with van der Waals surface area (Å²) in [4.78, 5) is 22.2. The van der Waals surface area contributed by atoms with E-state index in [-0.39, 0.29) is 11.8 Å². The number of amides is 2. The van der Waals surface area contributed by atoms with Crippen LogP contribution < -0.4 is 22.1 Å². The highest BCUT2D eigenvalue weighted by molar-refractivity contribution is 5.96. The minimum absolute atomic E-state index is 0.132. The van der Waals surface area contributed by atoms with E-state index >= 15 is 0 Å². The van der Waals surface area contributed by atoms with E-state index in [2.05, 4.69) is 10.6 Å². The molecule has 17 heavy (non-hydrogen) atoms. The third kappa shape index (κ3) is 4.42. The molecule has 1 aromatic carbocycles. The van der Waals surface area contributed by atoms with Crippen LogP contribution in [0.3, 0.4) is 0 Å². The van der Waals surface area contributed by atoms with Gasteiger partial charge in [-0.3, -0.25) is 9.59 Å². The second kappa shape index (κ2) is 5.74. The van der Waals surface area contributed by atoms with Crippen LogP contribution in [0.1, 0.15) is 17.3 Å². The molecule has 0 unspecified atom stereocenters. The van der Waals surface area contributed by atoms with Crippen molar-refractivity contribution < 1.29 is 9.59 Å². The van der Waals surface area contributed by atoms with Gasteiger partial charge >= 0.3 is 0 Å². The highest BCUT2D eigenvalue weighted by atomic mass is 16.2. The standard InChI is InChI=1S/C11H16N4O2/c1-7(16)14-2-3-15-11(17)8-4-9(12)6-10(13)5-8/h4-6H,2-3,12-13H2,1H3,(H,14,16)(H,15,17). The summed E-state index contributed by atoms with van der Waals surface area (Å²) in [5, 5.41) is 5.22. The lowest BCUT2D eigenvalue weighted by Crippen LogP contribution is -2.33. The van der Waals surface area contributed by atoms with Crippen molar-refractivity contribution in [2.75, 3.05) is 24.6 Å². The fourth-order valence-electron chi connectivity index (χ4n) is 1.32. The van der Waals surface area contributed by atoms with Crippen molar-refractivity contribution in [2.24, 2.45) is 0 Å². The van der Waals surface area contributed by atoms with Crippen LogP contribution in [0.2, 0.25) is 0 Å². The van der Waals surface area contributed by atoms with Crippen molar-refractivity contribution in [2.45, 2.75) is 6.92 Å². The summed E-state index contributed by atoms with van der Waals surface area (Å²) in [7, 11) is 0. The number of carbonyl (C=O) groups excluding carboxylic acids is 2. The molecule has 0 aromatic heterocycles. The molecule has 0 heterocycles. The van der Waals surface area contributed by atoms with Crippen molar-refractivity contribution in [1.82, 2.24) is 10.6 Å². The molecule has 0 spiro atoms. The molecule has 0 bridgehead atoms. The maximum Gasteiger partial charge on any atom is 0.251 e. The van der Waals surface area contributed by atoms with E-state index in [1.54, 1.807) is 18.2 Å². The average molecular weight is 236 g/mol. The van der Waals surface area contributed by atoms with Gasteiger partial charge in [0.1, 0.15) is 0 Å². The molecule has 0 aliphatic heterocycles. The zero-order chi connectivity index (χ0) is 12.8. The molecule has 2 amide bonds. The summed E-state index contributed by atoms with van der Waals surface area (Å²) in [6, 6.07) is 4.67. The summed E-state index contributed by atoms with van der Waals surface area (Å²) < 4.78 is 0. The zero-order valence-corrected chi connectivity index (χ0v) is 9.62. The van der Waals surface area contributed by atoms with E-state index in [0.717, 1.165) is 0 Å². The van der Waals surface area contributed by atoms with Crippen molar-refractivity contribution in [3.63, 3.8) is 0 Å². The van der Waals surface area contributed by atoms with Gasteiger partial charge in [-0.1, -0.05) is 0 Å². The quantitative estimate of drug-likeness (QED) is 0.425. The first-order valence-corrected chi connectivity index (χ1v) is 5.17. The van der Waals surface area contributed by atoms with E-state index in [0.29, 0.717) is 30.0 Å². The van der Waals surface area contributed by atoms with E-state index in [1.165, 1.54) is 6.92 Å². The summed E-state index contributed by atoms with van der Waals surface area (Å²) >= 11 is 0. The van der Waals surface area contributed by atoms with Crippen LogP contribution in [0, 0.1) is 0 Å². The molecule has 0 fully saturated rings. The normalized spacial score (nSPS) is 9.71. The van der Waals surface area contributed by atoms with Crippen LogP contribution in [-0.2, 0) is 4.79 Å². The smallest absolute Gasteiger partial charge is 0.251 e. The third-order valence-corrected chi connectivity index (χ3v) is 2.02. The monoisotopic (exact) mass is 236 g/mol. The van der Waals surface area contributed by atoms with Gasteiger partial charge in [0.05, 0.1) is 0 Å². The Morgan fingerprint density at radius 2 is 1.59 bits per heavy atom. The lowest BCUT2D eigenvalue weighted by molar-refractivity contribution is -0.118. The molecule has 6 heteroatoms. The Labute approximate surface area is 99.4 Å². The second-order valence-electron chi connectivity index (χ2n) is 3.63. The van der Waals surface area contributed by atoms with Gasteiger partial charge in [0.15, 0.2) is 0 Å². The van der Waals surface area contributed by atoms with Crippen LogP contribution in [0.15, 0.2) is 18.2 Å². The van der Waals surface area contributed by atoms with E-state index in [4.69, 9.17) is 11.5 Å². The number of hydrogen-bond donors (Lipinski definition) is 4. The van der Waals surface area contributed by atoms with Crippen molar-refractivity contribution in [3.05, 3.63) is 23.8 Å². The summed E-state index contributed by atoms with van der Waals surface area (Å²) in [5.41, 5.74) is 12.4. The van der Waals surface area contributed by atoms with E-state index in [1.807, 2.05) is 0 Å². The molecule has 92 valence electrons. The molecule has 0 aliphatic rings. The summed E-state index contributed by atoms with van der Waals surface area (Å²) in [6.45, 7) is 2.16. The Hall–Kier alpha value is -2.24. The first kappa shape index (κ1) is 12.8. The Kier molecular flexibility index (Phi) is 4.33. The van der Waals surface area contributed by atoms with Crippen molar-refractivity contribution >= 4 is 23.2 Å². The van der Waals surface area contributed by atoms with Crippen molar-refractivity contribution in [1.29, 1.82) is 0 Å². The van der Waals surface area contributed by atoms with Crippen LogP contribution in [0.25, 0.3) is 0 Å². The number of hydrogen-bond acceptors (Lipinski definition) is 4. The maximum atomic E-state index is 11.7. The summed E-state index contributed by atoms with van der Waals surface area (Å²) in [6.07, 6.45) is 0. The largest absolute Gasteiger partial charge is 0.399 e. The number of nitrogens with one attached hydrogen (secondary N) is 2. The molecule has 0 saturated heterocycles. The van der Waals surface area contributed by atoms with Crippen LogP contribution >= 0.6 is 0 Å². The average Bonchev–Trinajstić information content (AvgIpc) is 2.22. The number of benzene rings is 1. The van der Waals surface area contributed by atoms with E-state index < -0.39 is 0 Å². The number of anilines is 2. The summed E-state index contributed by atoms with van der Waals surface area (Å²) in [5.74, 6) is -0.401. The molecule has 0 atom stereocenters. The first-order valence-electron chi connectivity index (χ1n) is 5.17. The third-order valence-electron chi connectivity index (χ3n) is 2.02. The maximum absolute atomic E-state index is 11.7. The molecular weight excluding hydrogens is 220 g/mol. The van der Waals surface area contributed by atoms with Crippen LogP contribution in [0.5, 0.6) is 0 Å². The van der Waals surface area contributed by atoms with Gasteiger partial charge in [-0.25, -0.2) is 0 Å². The Morgan fingerprint density at radius 3 is 2.12 bits per heavy atom. The second-order valence-corrected chi connectivity index (χ2v) is 3.63. The molecule has 0 saturated carbocycles. The molecule has 6 nitrogen and oxygen atoms in total. The first-order chi connectivity index (χ1) is 7.99. The van der Waals surface area contributed by atoms with Gasteiger partial charge < -0.3 is 22.1 Å². The Balaban J connectivity index is 2.49. The highest BCUT2D eigenvalue weighted by Gasteiger charge is 2.06. The van der Waals surface area contributed by atoms with E-state index in [9.17, 15) is 9.59 Å². The van der Waals surface area contributed by atoms with Gasteiger partial charge in [0.25, 0.3) is 5.91 Å². The minimum atomic E-state index is -0.269. The predicted octanol–water partition coefficient (Wildman–Crippen LogP) is -0.283. The van der Waals surface area contributed by atoms with Crippen LogP contribution in [0.4, 0.5) is 11.4 Å². The van der Waals surface area contributed by atoms with Crippen LogP contribution in [-0.4, -0.2) is 24.9 Å². The molecule has 6 N–H and O–H groups in total. The molecule has 0 aliphatic carbocycles. The Bertz CT molecular complexity index is 411. The predicted molar refractivity (Wildman–Crippen MR) is 66.3 cm³/mol. The number of nitrogen functional groups attached to an aromatic ring is 2. The highest BCUT2D eigenvalue weighted by Crippen LogP contribution is 2.13. The SMILES string of the molecule is CC(=O)NCCNC(=O)c1cc(N)cc(N)c1. The fraction of sp³-hybridized carbons (Fsp3) is 0.273. The number of rotatable bonds is 4. The van der Waals surface area contributed by atoms with Gasteiger partial charge in [0, 0.05) is 37.0 Å². The molecule has 1 aromatic rings. The van der Waals surface area contributed by atoms with Gasteiger partial charge in [-0.05, 0) is 18.2 Å². The number of nitrogens with two attached hydrogens (primary N) is 2. The number of carbonyl (C=O) groups is 2. The molecular formula is C11H16N4O2. The zero-order valence-electron chi connectivity index (χ0n) is 9.62. The minimum Gasteiger partial charge on any atom is -0.399 e.